The summed E-state index contributed by atoms with van der Waals surface area (Å²) in [5, 5.41) is 0.390. The van der Waals surface area contributed by atoms with Gasteiger partial charge in [-0.3, -0.25) is 0 Å². The largest absolute Gasteiger partial charge is 0.123 e. The van der Waals surface area contributed by atoms with Gasteiger partial charge >= 0.3 is 0 Å². The molecule has 2 rings (SSSR count). The molecule has 0 atom stereocenters. The first-order chi connectivity index (χ1) is 7.16. The Kier molecular flexibility index (Phi) is 3.73. The number of hydrogen-bond acceptors (Lipinski definition) is 0. The fraction of sp³-hybridized carbons (Fsp3) is 0.385. The monoisotopic (exact) mass is 332 g/mol. The molecule has 0 unspecified atom stereocenters. The first-order valence-electron chi connectivity index (χ1n) is 5.22. The van der Waals surface area contributed by atoms with Gasteiger partial charge in [-0.2, -0.15) is 0 Å². The van der Waals surface area contributed by atoms with Crippen molar-refractivity contribution in [2.75, 3.05) is 0 Å². The summed E-state index contributed by atoms with van der Waals surface area (Å²) in [5.74, 6) is 0.656. The van der Waals surface area contributed by atoms with Crippen LogP contribution in [0, 0.1) is 9.49 Å². The van der Waals surface area contributed by atoms with Gasteiger partial charge in [0.25, 0.3) is 0 Å². The van der Waals surface area contributed by atoms with Crippen LogP contribution in [0.2, 0.25) is 0 Å². The van der Waals surface area contributed by atoms with E-state index in [-0.39, 0.29) is 0 Å². The number of alkyl halides is 1. The van der Waals surface area contributed by atoms with Crippen LogP contribution in [0.15, 0.2) is 36.4 Å². The third kappa shape index (κ3) is 2.76. The van der Waals surface area contributed by atoms with Crippen LogP contribution in [-0.4, -0.2) is 5.38 Å². The van der Waals surface area contributed by atoms with Gasteiger partial charge in [-0.05, 0) is 59.4 Å². The molecule has 0 spiro atoms. The highest BCUT2D eigenvalue weighted by Gasteiger charge is 2.29. The van der Waals surface area contributed by atoms with Crippen molar-refractivity contribution in [3.63, 3.8) is 0 Å². The topological polar surface area (TPSA) is 0 Å². The Morgan fingerprint density at radius 3 is 2.67 bits per heavy atom. The number of allylic oxidation sites excluding steroid dienone is 1. The van der Waals surface area contributed by atoms with Crippen molar-refractivity contribution in [2.45, 2.75) is 24.6 Å². The highest BCUT2D eigenvalue weighted by atomic mass is 127. The lowest BCUT2D eigenvalue weighted by Crippen LogP contribution is -2.26. The van der Waals surface area contributed by atoms with E-state index in [4.69, 9.17) is 11.6 Å². The fourth-order valence-corrected chi connectivity index (χ4v) is 2.92. The number of halogens is 2. The van der Waals surface area contributed by atoms with Crippen LogP contribution in [0.25, 0.3) is 0 Å². The Bertz CT molecular complexity index is 367. The molecule has 1 fully saturated rings. The summed E-state index contributed by atoms with van der Waals surface area (Å²) in [4.78, 5) is 0. The molecule has 0 nitrogen and oxygen atoms in total. The van der Waals surface area contributed by atoms with E-state index in [9.17, 15) is 0 Å². The van der Waals surface area contributed by atoms with Crippen molar-refractivity contribution in [3.05, 3.63) is 45.6 Å². The van der Waals surface area contributed by atoms with Gasteiger partial charge in [0.05, 0.1) is 0 Å². The van der Waals surface area contributed by atoms with Crippen LogP contribution in [0.5, 0.6) is 0 Å². The van der Waals surface area contributed by atoms with E-state index in [0.717, 1.165) is 19.3 Å². The molecule has 80 valence electrons. The SMILES string of the molecule is C=C(Cc1ccccc1I)C1CC(Cl)C1. The highest BCUT2D eigenvalue weighted by molar-refractivity contribution is 14.1. The first-order valence-corrected chi connectivity index (χ1v) is 6.73. The smallest absolute Gasteiger partial charge is 0.0347 e. The predicted octanol–water partition coefficient (Wildman–Crippen LogP) is 4.41. The predicted molar refractivity (Wildman–Crippen MR) is 74.4 cm³/mol. The average molecular weight is 333 g/mol. The third-order valence-corrected chi connectivity index (χ3v) is 4.44. The minimum atomic E-state index is 0.390. The molecule has 1 aliphatic carbocycles. The maximum Gasteiger partial charge on any atom is 0.0347 e. The summed E-state index contributed by atoms with van der Waals surface area (Å²) in [5.41, 5.74) is 2.73. The average Bonchev–Trinajstić information content (AvgIpc) is 2.17. The maximum atomic E-state index is 5.98. The van der Waals surface area contributed by atoms with Gasteiger partial charge in [0.1, 0.15) is 0 Å². The summed E-state index contributed by atoms with van der Waals surface area (Å²) < 4.78 is 1.33. The van der Waals surface area contributed by atoms with Crippen molar-refractivity contribution in [1.82, 2.24) is 0 Å². The van der Waals surface area contributed by atoms with Crippen LogP contribution in [0.1, 0.15) is 18.4 Å². The van der Waals surface area contributed by atoms with Crippen molar-refractivity contribution >= 4 is 34.2 Å². The minimum absolute atomic E-state index is 0.390. The van der Waals surface area contributed by atoms with Crippen molar-refractivity contribution in [3.8, 4) is 0 Å². The van der Waals surface area contributed by atoms with Crippen LogP contribution >= 0.6 is 34.2 Å². The summed E-state index contributed by atoms with van der Waals surface area (Å²) in [7, 11) is 0. The molecular weight excluding hydrogens is 319 g/mol. The number of hydrogen-bond donors (Lipinski definition) is 0. The first kappa shape index (κ1) is 11.5. The summed E-state index contributed by atoms with van der Waals surface area (Å²) in [6.45, 7) is 4.19. The molecular formula is C13H14ClI. The molecule has 1 aliphatic rings. The Hall–Kier alpha value is -0.0200. The molecule has 1 aromatic carbocycles. The molecule has 15 heavy (non-hydrogen) atoms. The zero-order valence-corrected chi connectivity index (χ0v) is 11.5. The van der Waals surface area contributed by atoms with E-state index in [1.165, 1.54) is 14.7 Å². The number of rotatable bonds is 3. The van der Waals surface area contributed by atoms with Gasteiger partial charge in [-0.1, -0.05) is 30.4 Å². The van der Waals surface area contributed by atoms with Crippen molar-refractivity contribution in [2.24, 2.45) is 5.92 Å². The molecule has 0 aliphatic heterocycles. The second-order valence-electron chi connectivity index (χ2n) is 4.19. The second kappa shape index (κ2) is 4.88. The quantitative estimate of drug-likeness (QED) is 0.437. The molecule has 1 aromatic rings. The van der Waals surface area contributed by atoms with Gasteiger partial charge in [0, 0.05) is 8.95 Å². The minimum Gasteiger partial charge on any atom is -0.123 e. The highest BCUT2D eigenvalue weighted by Crippen LogP contribution is 2.37. The van der Waals surface area contributed by atoms with Gasteiger partial charge in [0.2, 0.25) is 0 Å². The fourth-order valence-electron chi connectivity index (χ4n) is 1.91. The summed E-state index contributed by atoms with van der Waals surface area (Å²) >= 11 is 8.36. The van der Waals surface area contributed by atoms with Crippen LogP contribution < -0.4 is 0 Å². The van der Waals surface area contributed by atoms with Crippen LogP contribution in [0.4, 0.5) is 0 Å². The van der Waals surface area contributed by atoms with Gasteiger partial charge in [0.15, 0.2) is 0 Å². The second-order valence-corrected chi connectivity index (χ2v) is 5.97. The standard InChI is InChI=1S/C13H14ClI/c1-9(11-7-12(14)8-11)6-10-4-2-3-5-13(10)15/h2-5,11-12H,1,6-8H2. The van der Waals surface area contributed by atoms with E-state index in [1.54, 1.807) is 0 Å². The normalized spacial score (nSPS) is 24.7. The van der Waals surface area contributed by atoms with E-state index in [0.29, 0.717) is 11.3 Å². The van der Waals surface area contributed by atoms with Gasteiger partial charge in [-0.25, -0.2) is 0 Å². The molecule has 0 saturated heterocycles. The number of benzene rings is 1. The molecule has 2 heteroatoms. The van der Waals surface area contributed by atoms with Gasteiger partial charge < -0.3 is 0 Å². The Balaban J connectivity index is 1.97. The van der Waals surface area contributed by atoms with Crippen LogP contribution in [-0.2, 0) is 6.42 Å². The maximum absolute atomic E-state index is 5.98. The lowest BCUT2D eigenvalue weighted by molar-refractivity contribution is 0.372. The van der Waals surface area contributed by atoms with E-state index in [2.05, 4.69) is 53.4 Å². The molecule has 0 N–H and O–H groups in total. The molecule has 0 radical (unpaired) electrons. The molecule has 0 amide bonds. The molecule has 0 aromatic heterocycles. The Morgan fingerprint density at radius 2 is 2.07 bits per heavy atom. The van der Waals surface area contributed by atoms with Crippen molar-refractivity contribution in [1.29, 1.82) is 0 Å². The zero-order valence-electron chi connectivity index (χ0n) is 8.55. The zero-order chi connectivity index (χ0) is 10.8. The third-order valence-electron chi connectivity index (χ3n) is 3.03. The van der Waals surface area contributed by atoms with E-state index >= 15 is 0 Å². The van der Waals surface area contributed by atoms with Crippen LogP contribution in [0.3, 0.4) is 0 Å². The van der Waals surface area contributed by atoms with E-state index in [1.807, 2.05) is 0 Å². The Labute approximate surface area is 110 Å². The summed E-state index contributed by atoms with van der Waals surface area (Å²) in [6, 6.07) is 8.50. The lowest BCUT2D eigenvalue weighted by atomic mass is 9.78. The molecule has 1 saturated carbocycles. The summed E-state index contributed by atoms with van der Waals surface area (Å²) in [6.07, 6.45) is 3.24. The van der Waals surface area contributed by atoms with Crippen molar-refractivity contribution < 1.29 is 0 Å². The lowest BCUT2D eigenvalue weighted by Gasteiger charge is -2.32. The van der Waals surface area contributed by atoms with Gasteiger partial charge in [-0.15, -0.1) is 11.6 Å². The molecule has 0 bridgehead atoms. The Morgan fingerprint density at radius 1 is 1.40 bits per heavy atom. The molecule has 0 heterocycles. The van der Waals surface area contributed by atoms with E-state index < -0.39 is 0 Å².